The van der Waals surface area contributed by atoms with Gasteiger partial charge in [-0.25, -0.2) is 0 Å². The summed E-state index contributed by atoms with van der Waals surface area (Å²) >= 11 is 0. The minimum absolute atomic E-state index is 0.0443. The molecule has 0 unspecified atom stereocenters. The molecule has 1 aliphatic rings. The Morgan fingerprint density at radius 3 is 3.00 bits per heavy atom. The van der Waals surface area contributed by atoms with E-state index in [1.807, 2.05) is 19.1 Å². The highest BCUT2D eigenvalue weighted by atomic mass is 16.5. The summed E-state index contributed by atoms with van der Waals surface area (Å²) in [6.07, 6.45) is 2.03. The van der Waals surface area contributed by atoms with Crippen molar-refractivity contribution in [2.75, 3.05) is 5.73 Å². The van der Waals surface area contributed by atoms with Crippen molar-refractivity contribution < 1.29 is 9.32 Å². The quantitative estimate of drug-likeness (QED) is 0.814. The minimum Gasteiger partial charge on any atom is -0.398 e. The highest BCUT2D eigenvalue weighted by Gasteiger charge is 2.26. The Hall–Kier alpha value is -2.37. The Bertz CT molecular complexity index is 631. The van der Waals surface area contributed by atoms with Gasteiger partial charge in [-0.15, -0.1) is 0 Å². The number of aryl methyl sites for hydroxylation is 1. The van der Waals surface area contributed by atoms with Gasteiger partial charge in [0, 0.05) is 11.7 Å². The summed E-state index contributed by atoms with van der Waals surface area (Å²) in [5, 5.41) is 6.50. The molecule has 0 spiro atoms. The fourth-order valence-corrected chi connectivity index (χ4v) is 1.77. The van der Waals surface area contributed by atoms with Crippen molar-refractivity contribution in [3.63, 3.8) is 0 Å². The zero-order valence-corrected chi connectivity index (χ0v) is 10.5. The van der Waals surface area contributed by atoms with Crippen LogP contribution >= 0.6 is 0 Å². The molecule has 0 atom stereocenters. The van der Waals surface area contributed by atoms with Gasteiger partial charge in [-0.1, -0.05) is 17.3 Å². The first-order chi connectivity index (χ1) is 9.15. The maximum atomic E-state index is 11.8. The normalized spacial score (nSPS) is 14.4. The molecule has 1 aromatic heterocycles. The monoisotopic (exact) mass is 258 g/mol. The molecular weight excluding hydrogens is 244 g/mol. The van der Waals surface area contributed by atoms with Crippen molar-refractivity contribution in [2.24, 2.45) is 0 Å². The number of hydrogen-bond donors (Lipinski definition) is 2. The second kappa shape index (κ2) is 4.38. The van der Waals surface area contributed by atoms with E-state index in [0.717, 1.165) is 18.4 Å². The number of amides is 1. The van der Waals surface area contributed by atoms with E-state index in [-0.39, 0.29) is 23.7 Å². The number of nitrogen functional groups attached to an aromatic ring is 1. The predicted octanol–water partition coefficient (Wildman–Crippen LogP) is 1.52. The lowest BCUT2D eigenvalue weighted by molar-refractivity contribution is 0.0937. The minimum atomic E-state index is -0.302. The fourth-order valence-electron chi connectivity index (χ4n) is 1.77. The van der Waals surface area contributed by atoms with E-state index in [1.54, 1.807) is 6.07 Å². The molecule has 0 radical (unpaired) electrons. The number of nitrogens with one attached hydrogen (secondary N) is 1. The number of para-hydroxylation sites is 1. The molecule has 1 heterocycles. The summed E-state index contributed by atoms with van der Waals surface area (Å²) in [5.41, 5.74) is 8.13. The Balaban J connectivity index is 1.87. The molecule has 1 aliphatic carbocycles. The van der Waals surface area contributed by atoms with Gasteiger partial charge in [-0.05, 0) is 31.4 Å². The molecule has 19 heavy (non-hydrogen) atoms. The van der Waals surface area contributed by atoms with Crippen LogP contribution in [0, 0.1) is 6.92 Å². The Kier molecular flexibility index (Phi) is 2.70. The number of carbonyl (C=O) groups excluding carboxylic acids is 1. The molecule has 1 amide bonds. The largest absolute Gasteiger partial charge is 0.398 e. The van der Waals surface area contributed by atoms with Crippen LogP contribution in [0.1, 0.15) is 29.0 Å². The van der Waals surface area contributed by atoms with Crippen LogP contribution in [0.4, 0.5) is 5.69 Å². The van der Waals surface area contributed by atoms with Crippen molar-refractivity contribution in [3.8, 4) is 11.5 Å². The maximum absolute atomic E-state index is 11.8. The molecule has 1 aromatic carbocycles. The second-order valence-corrected chi connectivity index (χ2v) is 4.71. The number of aromatic nitrogens is 2. The zero-order chi connectivity index (χ0) is 13.4. The summed E-state index contributed by atoms with van der Waals surface area (Å²) in [6.45, 7) is 1.90. The van der Waals surface area contributed by atoms with Gasteiger partial charge >= 0.3 is 0 Å². The lowest BCUT2D eigenvalue weighted by Crippen LogP contribution is -2.26. The van der Waals surface area contributed by atoms with Gasteiger partial charge in [-0.2, -0.15) is 4.98 Å². The van der Waals surface area contributed by atoms with Gasteiger partial charge in [0.2, 0.25) is 0 Å². The van der Waals surface area contributed by atoms with Crippen molar-refractivity contribution in [2.45, 2.75) is 25.8 Å². The van der Waals surface area contributed by atoms with Crippen LogP contribution in [0.5, 0.6) is 0 Å². The highest BCUT2D eigenvalue weighted by Crippen LogP contribution is 2.27. The van der Waals surface area contributed by atoms with Gasteiger partial charge in [-0.3, -0.25) is 4.79 Å². The lowest BCUT2D eigenvalue weighted by Gasteiger charge is -2.03. The van der Waals surface area contributed by atoms with E-state index >= 15 is 0 Å². The number of hydrogen-bond acceptors (Lipinski definition) is 5. The number of rotatable bonds is 3. The second-order valence-electron chi connectivity index (χ2n) is 4.71. The van der Waals surface area contributed by atoms with Gasteiger partial charge < -0.3 is 15.6 Å². The van der Waals surface area contributed by atoms with Gasteiger partial charge in [0.15, 0.2) is 0 Å². The number of anilines is 1. The van der Waals surface area contributed by atoms with Crippen LogP contribution in [0.15, 0.2) is 22.7 Å². The zero-order valence-electron chi connectivity index (χ0n) is 10.5. The van der Waals surface area contributed by atoms with Crippen molar-refractivity contribution in [3.05, 3.63) is 29.6 Å². The van der Waals surface area contributed by atoms with Crippen molar-refractivity contribution in [1.82, 2.24) is 15.5 Å². The molecule has 98 valence electrons. The van der Waals surface area contributed by atoms with Crippen LogP contribution in [0.2, 0.25) is 0 Å². The summed E-state index contributed by atoms with van der Waals surface area (Å²) in [7, 11) is 0. The third-order valence-electron chi connectivity index (χ3n) is 3.10. The smallest absolute Gasteiger partial charge is 0.292 e. The maximum Gasteiger partial charge on any atom is 0.292 e. The molecule has 0 aliphatic heterocycles. The average molecular weight is 258 g/mol. The summed E-state index contributed by atoms with van der Waals surface area (Å²) in [5.74, 6) is 0.00803. The molecule has 6 nitrogen and oxygen atoms in total. The highest BCUT2D eigenvalue weighted by molar-refractivity contribution is 5.91. The van der Waals surface area contributed by atoms with Gasteiger partial charge in [0.05, 0.1) is 5.56 Å². The van der Waals surface area contributed by atoms with E-state index in [1.165, 1.54) is 0 Å². The first kappa shape index (κ1) is 11.7. The van der Waals surface area contributed by atoms with Crippen molar-refractivity contribution in [1.29, 1.82) is 0 Å². The number of benzene rings is 1. The standard InChI is InChI=1S/C13H14N4O2/c1-7-3-2-4-9(10(7)14)13-16-11(17-19-13)12(18)15-8-5-6-8/h2-4,8H,5-6,14H2,1H3,(H,15,18). The molecule has 3 N–H and O–H groups in total. The summed E-state index contributed by atoms with van der Waals surface area (Å²) in [6, 6.07) is 5.81. The first-order valence-corrected chi connectivity index (χ1v) is 6.15. The van der Waals surface area contributed by atoms with Crippen LogP contribution in [0.25, 0.3) is 11.5 Å². The van der Waals surface area contributed by atoms with Crippen molar-refractivity contribution >= 4 is 11.6 Å². The molecule has 0 bridgehead atoms. The van der Waals surface area contributed by atoms with Gasteiger partial charge in [0.25, 0.3) is 17.6 Å². The predicted molar refractivity (Wildman–Crippen MR) is 69.4 cm³/mol. The fraction of sp³-hybridized carbons (Fsp3) is 0.308. The summed E-state index contributed by atoms with van der Waals surface area (Å²) < 4.78 is 5.11. The molecule has 6 heteroatoms. The Labute approximate surface area is 110 Å². The topological polar surface area (TPSA) is 94.0 Å². The van der Waals surface area contributed by atoms with Gasteiger partial charge in [0.1, 0.15) is 0 Å². The average Bonchev–Trinajstić information content (AvgIpc) is 3.06. The van der Waals surface area contributed by atoms with E-state index in [9.17, 15) is 4.79 Å². The van der Waals surface area contributed by atoms with E-state index in [2.05, 4.69) is 15.5 Å². The molecule has 0 saturated heterocycles. The molecule has 1 fully saturated rings. The number of nitrogens with zero attached hydrogens (tertiary/aromatic N) is 2. The van der Waals surface area contributed by atoms with E-state index in [4.69, 9.17) is 10.3 Å². The molecule has 1 saturated carbocycles. The molecular formula is C13H14N4O2. The number of carbonyl (C=O) groups is 1. The van der Waals surface area contributed by atoms with Crippen LogP contribution < -0.4 is 11.1 Å². The third-order valence-corrected chi connectivity index (χ3v) is 3.10. The Morgan fingerprint density at radius 2 is 2.26 bits per heavy atom. The molecule has 3 rings (SSSR count). The lowest BCUT2D eigenvalue weighted by atomic mass is 10.1. The Morgan fingerprint density at radius 1 is 1.47 bits per heavy atom. The third kappa shape index (κ3) is 2.29. The van der Waals surface area contributed by atoms with Crippen LogP contribution in [0.3, 0.4) is 0 Å². The van der Waals surface area contributed by atoms with Crippen LogP contribution in [-0.2, 0) is 0 Å². The SMILES string of the molecule is Cc1cccc(-c2nc(C(=O)NC3CC3)no2)c1N. The number of nitrogens with two attached hydrogens (primary N) is 1. The summed E-state index contributed by atoms with van der Waals surface area (Å²) in [4.78, 5) is 15.9. The van der Waals surface area contributed by atoms with Crippen LogP contribution in [-0.4, -0.2) is 22.1 Å². The van der Waals surface area contributed by atoms with E-state index in [0.29, 0.717) is 11.3 Å². The molecule has 2 aromatic rings. The van der Waals surface area contributed by atoms with E-state index < -0.39 is 0 Å². The first-order valence-electron chi connectivity index (χ1n) is 6.15.